The van der Waals surface area contributed by atoms with Gasteiger partial charge in [-0.05, 0) is 12.1 Å². The molecule has 0 amide bonds. The summed E-state index contributed by atoms with van der Waals surface area (Å²) in [4.78, 5) is 7.81. The molecule has 0 aliphatic heterocycles. The zero-order valence-corrected chi connectivity index (χ0v) is 11.1. The lowest BCUT2D eigenvalue weighted by Gasteiger charge is -2.00. The fourth-order valence-corrected chi connectivity index (χ4v) is 2.43. The fraction of sp³-hybridized carbons (Fsp3) is 0.0833. The number of aromatic nitrogens is 3. The monoisotopic (exact) mass is 291 g/mol. The highest BCUT2D eigenvalue weighted by Crippen LogP contribution is 2.30. The normalized spacial score (nSPS) is 11.8. The first-order valence-electron chi connectivity index (χ1n) is 5.56. The number of aromatic hydroxyl groups is 1. The van der Waals surface area contributed by atoms with E-state index >= 15 is 0 Å². The molecule has 7 nitrogen and oxygen atoms in total. The minimum Gasteiger partial charge on any atom is -0.490 e. The van der Waals surface area contributed by atoms with Crippen LogP contribution in [0.5, 0.6) is 5.88 Å². The summed E-state index contributed by atoms with van der Waals surface area (Å²) >= 11 is 0. The van der Waals surface area contributed by atoms with Gasteiger partial charge in [-0.25, -0.2) is 13.4 Å². The van der Waals surface area contributed by atoms with Gasteiger partial charge in [0.25, 0.3) is 5.88 Å². The molecule has 1 aromatic carbocycles. The van der Waals surface area contributed by atoms with Crippen molar-refractivity contribution in [2.75, 3.05) is 6.26 Å². The van der Waals surface area contributed by atoms with Crippen LogP contribution in [0.2, 0.25) is 0 Å². The second-order valence-corrected chi connectivity index (χ2v) is 6.22. The van der Waals surface area contributed by atoms with Crippen LogP contribution in [0.3, 0.4) is 0 Å². The van der Waals surface area contributed by atoms with Gasteiger partial charge in [0.15, 0.2) is 9.84 Å². The lowest BCUT2D eigenvalue weighted by molar-refractivity contribution is 0.411. The van der Waals surface area contributed by atoms with Crippen LogP contribution >= 0.6 is 0 Å². The summed E-state index contributed by atoms with van der Waals surface area (Å²) in [6.07, 6.45) is 2.34. The summed E-state index contributed by atoms with van der Waals surface area (Å²) in [7, 11) is -3.25. The van der Waals surface area contributed by atoms with Crippen LogP contribution in [0.15, 0.2) is 40.0 Å². The molecule has 0 saturated carbocycles. The Morgan fingerprint density at radius 1 is 1.15 bits per heavy atom. The first-order valence-corrected chi connectivity index (χ1v) is 7.46. The average molecular weight is 291 g/mol. The van der Waals surface area contributed by atoms with Crippen LogP contribution in [0, 0.1) is 0 Å². The molecule has 0 radical (unpaired) electrons. The molecule has 0 spiro atoms. The Labute approximate surface area is 113 Å². The Hall–Kier alpha value is -2.48. The molecule has 0 saturated heterocycles. The second-order valence-electron chi connectivity index (χ2n) is 4.20. The Kier molecular flexibility index (Phi) is 2.68. The smallest absolute Gasteiger partial charge is 0.261 e. The Morgan fingerprint density at radius 3 is 2.50 bits per heavy atom. The highest BCUT2D eigenvalue weighted by molar-refractivity contribution is 7.90. The van der Waals surface area contributed by atoms with Gasteiger partial charge in [-0.15, -0.1) is 0 Å². The van der Waals surface area contributed by atoms with E-state index in [-0.39, 0.29) is 16.4 Å². The van der Waals surface area contributed by atoms with Gasteiger partial charge in [-0.3, -0.25) is 0 Å². The van der Waals surface area contributed by atoms with Crippen molar-refractivity contribution in [3.8, 4) is 17.1 Å². The zero-order chi connectivity index (χ0) is 14.3. The third kappa shape index (κ3) is 1.99. The number of hydrogen-bond acceptors (Lipinski definition) is 7. The number of nitrogens with zero attached hydrogens (tertiary/aromatic N) is 3. The number of rotatable bonds is 2. The van der Waals surface area contributed by atoms with E-state index < -0.39 is 9.84 Å². The summed E-state index contributed by atoms with van der Waals surface area (Å²) in [5.74, 6) is -0.290. The minimum atomic E-state index is -3.25. The van der Waals surface area contributed by atoms with E-state index in [2.05, 4.69) is 15.1 Å². The largest absolute Gasteiger partial charge is 0.490 e. The molecular weight excluding hydrogens is 282 g/mol. The third-order valence-electron chi connectivity index (χ3n) is 2.79. The van der Waals surface area contributed by atoms with Gasteiger partial charge >= 0.3 is 0 Å². The van der Waals surface area contributed by atoms with Gasteiger partial charge in [-0.2, -0.15) is 4.98 Å². The maximum absolute atomic E-state index is 11.4. The standard InChI is InChI=1S/C12H9N3O4S/c1-20(17,18)8-4-2-7(3-5-8)9-10-11(19-15-9)12(16)14-6-13-10/h2-6H,1H3,(H,13,14,16). The number of hydrogen-bond donors (Lipinski definition) is 1. The Morgan fingerprint density at radius 2 is 1.85 bits per heavy atom. The quantitative estimate of drug-likeness (QED) is 0.760. The van der Waals surface area contributed by atoms with E-state index in [0.29, 0.717) is 16.8 Å². The van der Waals surface area contributed by atoms with Crippen LogP contribution in [-0.4, -0.2) is 34.9 Å². The van der Waals surface area contributed by atoms with Crippen LogP contribution < -0.4 is 0 Å². The van der Waals surface area contributed by atoms with Gasteiger partial charge in [0.2, 0.25) is 5.58 Å². The van der Waals surface area contributed by atoms with E-state index in [4.69, 9.17) is 4.52 Å². The molecule has 0 bridgehead atoms. The van der Waals surface area contributed by atoms with Crippen molar-refractivity contribution in [1.29, 1.82) is 0 Å². The molecule has 3 aromatic rings. The van der Waals surface area contributed by atoms with Gasteiger partial charge in [0.1, 0.15) is 17.5 Å². The van der Waals surface area contributed by atoms with E-state index in [1.54, 1.807) is 12.1 Å². The first kappa shape index (κ1) is 12.5. The maximum Gasteiger partial charge on any atom is 0.261 e. The zero-order valence-electron chi connectivity index (χ0n) is 10.3. The molecule has 20 heavy (non-hydrogen) atoms. The topological polar surface area (TPSA) is 106 Å². The van der Waals surface area contributed by atoms with Crippen molar-refractivity contribution >= 4 is 20.9 Å². The molecule has 2 aromatic heterocycles. The molecular formula is C12H9N3O4S. The molecule has 2 heterocycles. The summed E-state index contributed by atoms with van der Waals surface area (Å²) in [5, 5.41) is 13.3. The van der Waals surface area contributed by atoms with Crippen LogP contribution in [-0.2, 0) is 9.84 Å². The molecule has 0 fully saturated rings. The summed E-state index contributed by atoms with van der Waals surface area (Å²) in [5.41, 5.74) is 1.51. The van der Waals surface area contributed by atoms with Crippen LogP contribution in [0.25, 0.3) is 22.4 Å². The fourth-order valence-electron chi connectivity index (χ4n) is 1.80. The summed E-state index contributed by atoms with van der Waals surface area (Å²) in [6.45, 7) is 0. The number of fused-ring (bicyclic) bond motifs is 1. The van der Waals surface area contributed by atoms with Crippen molar-refractivity contribution in [3.63, 3.8) is 0 Å². The molecule has 1 N–H and O–H groups in total. The SMILES string of the molecule is CS(=O)(=O)c1ccc(-c2noc3c(O)ncnc23)cc1. The number of benzene rings is 1. The van der Waals surface area contributed by atoms with Crippen molar-refractivity contribution in [2.24, 2.45) is 0 Å². The highest BCUT2D eigenvalue weighted by Gasteiger charge is 2.16. The van der Waals surface area contributed by atoms with Gasteiger partial charge < -0.3 is 9.63 Å². The highest BCUT2D eigenvalue weighted by atomic mass is 32.2. The van der Waals surface area contributed by atoms with Crippen LogP contribution in [0.1, 0.15) is 0 Å². The van der Waals surface area contributed by atoms with Crippen molar-refractivity contribution in [2.45, 2.75) is 4.90 Å². The molecule has 0 aliphatic rings. The minimum absolute atomic E-state index is 0.0923. The van der Waals surface area contributed by atoms with Gasteiger partial charge in [0, 0.05) is 11.8 Å². The molecule has 0 aliphatic carbocycles. The van der Waals surface area contributed by atoms with Gasteiger partial charge in [-0.1, -0.05) is 17.3 Å². The predicted octanol–water partition coefficient (Wildman–Crippen LogP) is 1.39. The second kappa shape index (κ2) is 4.27. The molecule has 102 valence electrons. The van der Waals surface area contributed by atoms with E-state index in [1.807, 2.05) is 0 Å². The average Bonchev–Trinajstić information content (AvgIpc) is 2.83. The first-order chi connectivity index (χ1) is 9.47. The Bertz CT molecular complexity index is 885. The van der Waals surface area contributed by atoms with Crippen molar-refractivity contribution < 1.29 is 18.0 Å². The number of sulfone groups is 1. The third-order valence-corrected chi connectivity index (χ3v) is 3.92. The van der Waals surface area contributed by atoms with E-state index in [0.717, 1.165) is 6.26 Å². The van der Waals surface area contributed by atoms with E-state index in [1.165, 1.54) is 18.5 Å². The predicted molar refractivity (Wildman–Crippen MR) is 69.8 cm³/mol. The maximum atomic E-state index is 11.4. The van der Waals surface area contributed by atoms with Crippen molar-refractivity contribution in [1.82, 2.24) is 15.1 Å². The lowest BCUT2D eigenvalue weighted by Crippen LogP contribution is -1.96. The summed E-state index contributed by atoms with van der Waals surface area (Å²) < 4.78 is 27.8. The molecule has 0 unspecified atom stereocenters. The van der Waals surface area contributed by atoms with Gasteiger partial charge in [0.05, 0.1) is 4.90 Å². The van der Waals surface area contributed by atoms with Crippen LogP contribution in [0.4, 0.5) is 0 Å². The molecule has 0 atom stereocenters. The summed E-state index contributed by atoms with van der Waals surface area (Å²) in [6, 6.07) is 6.16. The lowest BCUT2D eigenvalue weighted by atomic mass is 10.1. The molecule has 3 rings (SSSR count). The Balaban J connectivity index is 2.14. The van der Waals surface area contributed by atoms with E-state index in [9.17, 15) is 13.5 Å². The molecule has 8 heteroatoms. The van der Waals surface area contributed by atoms with Crippen molar-refractivity contribution in [3.05, 3.63) is 30.6 Å².